The highest BCUT2D eigenvalue weighted by Gasteiger charge is 2.19. The number of imidazole rings is 1. The second kappa shape index (κ2) is 5.98. The summed E-state index contributed by atoms with van der Waals surface area (Å²) in [6.45, 7) is 9.12. The van der Waals surface area contributed by atoms with Crippen molar-refractivity contribution >= 4 is 0 Å². The van der Waals surface area contributed by atoms with E-state index in [4.69, 9.17) is 4.74 Å². The Labute approximate surface area is 103 Å². The standard InChI is InChI=1S/C13H21N3O/c1-11(2)9-17-7-6-16-10-14-8-13(16)12-4-3-5-15-12/h8,10,12,15H,1,3-7,9H2,2H3. The molecule has 1 N–H and O–H groups in total. The molecule has 1 aliphatic heterocycles. The lowest BCUT2D eigenvalue weighted by Crippen LogP contribution is -2.18. The van der Waals surface area contributed by atoms with Gasteiger partial charge in [-0.1, -0.05) is 12.2 Å². The summed E-state index contributed by atoms with van der Waals surface area (Å²) in [6.07, 6.45) is 6.31. The molecular weight excluding hydrogens is 214 g/mol. The maximum absolute atomic E-state index is 5.52. The molecule has 1 atom stereocenters. The average Bonchev–Trinajstić information content (AvgIpc) is 2.94. The number of ether oxygens (including phenoxy) is 1. The monoisotopic (exact) mass is 235 g/mol. The van der Waals surface area contributed by atoms with Crippen molar-refractivity contribution in [2.75, 3.05) is 19.8 Å². The summed E-state index contributed by atoms with van der Waals surface area (Å²) in [5.74, 6) is 0. The van der Waals surface area contributed by atoms with Gasteiger partial charge in [0.1, 0.15) is 0 Å². The van der Waals surface area contributed by atoms with Crippen molar-refractivity contribution in [1.82, 2.24) is 14.9 Å². The molecule has 94 valence electrons. The molecule has 0 radical (unpaired) electrons. The van der Waals surface area contributed by atoms with Crippen LogP contribution in [0.25, 0.3) is 0 Å². The van der Waals surface area contributed by atoms with Gasteiger partial charge in [0.15, 0.2) is 0 Å². The SMILES string of the molecule is C=C(C)COCCn1cncc1C1CCCN1. The number of nitrogens with zero attached hydrogens (tertiary/aromatic N) is 2. The summed E-state index contributed by atoms with van der Waals surface area (Å²) in [6, 6.07) is 0.471. The molecule has 1 aromatic rings. The van der Waals surface area contributed by atoms with Crippen LogP contribution >= 0.6 is 0 Å². The molecule has 1 unspecified atom stereocenters. The molecule has 0 saturated carbocycles. The molecule has 4 heteroatoms. The quantitative estimate of drug-likeness (QED) is 0.604. The van der Waals surface area contributed by atoms with Crippen LogP contribution in [0.3, 0.4) is 0 Å². The molecule has 0 aromatic carbocycles. The van der Waals surface area contributed by atoms with E-state index in [-0.39, 0.29) is 0 Å². The van der Waals surface area contributed by atoms with Crippen LogP contribution < -0.4 is 5.32 Å². The molecule has 1 saturated heterocycles. The van der Waals surface area contributed by atoms with Gasteiger partial charge >= 0.3 is 0 Å². The van der Waals surface area contributed by atoms with Gasteiger partial charge in [-0.2, -0.15) is 0 Å². The first-order valence-electron chi connectivity index (χ1n) is 6.23. The predicted octanol–water partition coefficient (Wildman–Crippen LogP) is 1.90. The van der Waals surface area contributed by atoms with Crippen LogP contribution in [0.1, 0.15) is 31.5 Å². The number of nitrogens with one attached hydrogen (secondary N) is 1. The average molecular weight is 235 g/mol. The Morgan fingerprint density at radius 1 is 1.71 bits per heavy atom. The summed E-state index contributed by atoms with van der Waals surface area (Å²) in [7, 11) is 0. The van der Waals surface area contributed by atoms with Crippen molar-refractivity contribution in [2.24, 2.45) is 0 Å². The van der Waals surface area contributed by atoms with Gasteiger partial charge in [0.2, 0.25) is 0 Å². The minimum absolute atomic E-state index is 0.471. The third kappa shape index (κ3) is 3.41. The zero-order valence-electron chi connectivity index (χ0n) is 10.5. The second-order valence-corrected chi connectivity index (χ2v) is 4.67. The highest BCUT2D eigenvalue weighted by Crippen LogP contribution is 2.22. The number of aromatic nitrogens is 2. The van der Waals surface area contributed by atoms with E-state index in [1.165, 1.54) is 18.5 Å². The first-order chi connectivity index (χ1) is 8.27. The number of hydrogen-bond acceptors (Lipinski definition) is 3. The number of rotatable bonds is 6. The van der Waals surface area contributed by atoms with Gasteiger partial charge < -0.3 is 14.6 Å². The van der Waals surface area contributed by atoms with E-state index in [1.54, 1.807) is 0 Å². The molecule has 2 rings (SSSR count). The maximum Gasteiger partial charge on any atom is 0.0949 e. The summed E-state index contributed by atoms with van der Waals surface area (Å²) < 4.78 is 7.70. The van der Waals surface area contributed by atoms with E-state index >= 15 is 0 Å². The Morgan fingerprint density at radius 3 is 3.29 bits per heavy atom. The van der Waals surface area contributed by atoms with E-state index in [1.807, 2.05) is 19.4 Å². The molecule has 2 heterocycles. The van der Waals surface area contributed by atoms with Gasteiger partial charge in [-0.25, -0.2) is 4.98 Å². The highest BCUT2D eigenvalue weighted by molar-refractivity contribution is 5.07. The van der Waals surface area contributed by atoms with Crippen molar-refractivity contribution in [1.29, 1.82) is 0 Å². The number of hydrogen-bond donors (Lipinski definition) is 1. The van der Waals surface area contributed by atoms with E-state index in [0.29, 0.717) is 19.3 Å². The summed E-state index contributed by atoms with van der Waals surface area (Å²) in [5, 5.41) is 3.49. The minimum Gasteiger partial charge on any atom is -0.375 e. The zero-order valence-corrected chi connectivity index (χ0v) is 10.5. The summed E-state index contributed by atoms with van der Waals surface area (Å²) in [4.78, 5) is 4.23. The van der Waals surface area contributed by atoms with Crippen molar-refractivity contribution in [3.05, 3.63) is 30.4 Å². The maximum atomic E-state index is 5.52. The van der Waals surface area contributed by atoms with Crippen LogP contribution in [-0.2, 0) is 11.3 Å². The van der Waals surface area contributed by atoms with E-state index < -0.39 is 0 Å². The molecule has 0 amide bonds. The lowest BCUT2D eigenvalue weighted by molar-refractivity contribution is 0.146. The second-order valence-electron chi connectivity index (χ2n) is 4.67. The lowest BCUT2D eigenvalue weighted by atomic mass is 10.2. The highest BCUT2D eigenvalue weighted by atomic mass is 16.5. The normalized spacial score (nSPS) is 19.7. The largest absolute Gasteiger partial charge is 0.375 e. The fourth-order valence-electron chi connectivity index (χ4n) is 2.15. The summed E-state index contributed by atoms with van der Waals surface area (Å²) >= 11 is 0. The molecule has 1 fully saturated rings. The third-order valence-corrected chi connectivity index (χ3v) is 2.99. The third-order valence-electron chi connectivity index (χ3n) is 2.99. The Balaban J connectivity index is 1.83. The van der Waals surface area contributed by atoms with Gasteiger partial charge in [-0.3, -0.25) is 0 Å². The fraction of sp³-hybridized carbons (Fsp3) is 0.615. The van der Waals surface area contributed by atoms with Gasteiger partial charge in [-0.15, -0.1) is 0 Å². The minimum atomic E-state index is 0.471. The first-order valence-corrected chi connectivity index (χ1v) is 6.23. The van der Waals surface area contributed by atoms with Crippen molar-refractivity contribution < 1.29 is 4.74 Å². The molecule has 0 spiro atoms. The smallest absolute Gasteiger partial charge is 0.0949 e. The molecule has 4 nitrogen and oxygen atoms in total. The lowest BCUT2D eigenvalue weighted by Gasteiger charge is -2.14. The van der Waals surface area contributed by atoms with Gasteiger partial charge in [0.05, 0.1) is 25.2 Å². The summed E-state index contributed by atoms with van der Waals surface area (Å²) in [5.41, 5.74) is 2.34. The van der Waals surface area contributed by atoms with Crippen LogP contribution in [0.2, 0.25) is 0 Å². The van der Waals surface area contributed by atoms with E-state index in [0.717, 1.165) is 18.7 Å². The van der Waals surface area contributed by atoms with Crippen LogP contribution in [0.5, 0.6) is 0 Å². The fourth-order valence-corrected chi connectivity index (χ4v) is 2.15. The van der Waals surface area contributed by atoms with E-state index in [9.17, 15) is 0 Å². The van der Waals surface area contributed by atoms with Crippen LogP contribution in [0.15, 0.2) is 24.7 Å². The Morgan fingerprint density at radius 2 is 2.59 bits per heavy atom. The van der Waals surface area contributed by atoms with E-state index in [2.05, 4.69) is 21.4 Å². The van der Waals surface area contributed by atoms with Crippen LogP contribution in [-0.4, -0.2) is 29.3 Å². The van der Waals surface area contributed by atoms with Crippen LogP contribution in [0, 0.1) is 0 Å². The topological polar surface area (TPSA) is 39.1 Å². The van der Waals surface area contributed by atoms with Crippen molar-refractivity contribution in [2.45, 2.75) is 32.4 Å². The molecule has 17 heavy (non-hydrogen) atoms. The predicted molar refractivity (Wildman–Crippen MR) is 67.8 cm³/mol. The Bertz CT molecular complexity index is 366. The zero-order chi connectivity index (χ0) is 12.1. The molecular formula is C13H21N3O. The van der Waals surface area contributed by atoms with Gasteiger partial charge in [0, 0.05) is 18.8 Å². The molecule has 0 aliphatic carbocycles. The van der Waals surface area contributed by atoms with Crippen molar-refractivity contribution in [3.63, 3.8) is 0 Å². The van der Waals surface area contributed by atoms with Crippen molar-refractivity contribution in [3.8, 4) is 0 Å². The first kappa shape index (κ1) is 12.3. The molecule has 1 aromatic heterocycles. The Kier molecular flexibility index (Phi) is 4.34. The molecule has 0 bridgehead atoms. The van der Waals surface area contributed by atoms with Gasteiger partial charge in [-0.05, 0) is 26.3 Å². The van der Waals surface area contributed by atoms with Crippen LogP contribution in [0.4, 0.5) is 0 Å². The van der Waals surface area contributed by atoms with Gasteiger partial charge in [0.25, 0.3) is 0 Å². The Hall–Kier alpha value is -1.13. The molecule has 1 aliphatic rings.